The zero-order chi connectivity index (χ0) is 11.4. The molecule has 2 rings (SSSR count). The number of ether oxygens (including phenoxy) is 1. The number of aryl methyl sites for hydroxylation is 1. The van der Waals surface area contributed by atoms with Gasteiger partial charge in [0.25, 0.3) is 0 Å². The molecule has 0 bridgehead atoms. The molecule has 1 aliphatic rings. The second-order valence-corrected chi connectivity index (χ2v) is 4.54. The van der Waals surface area contributed by atoms with E-state index in [1.807, 2.05) is 13.1 Å². The van der Waals surface area contributed by atoms with Crippen LogP contribution < -0.4 is 10.1 Å². The number of rotatable bonds is 6. The number of nitrogens with one attached hydrogen (secondary N) is 1. The van der Waals surface area contributed by atoms with Crippen LogP contribution in [-0.2, 0) is 6.42 Å². The van der Waals surface area contributed by atoms with Crippen molar-refractivity contribution < 1.29 is 4.74 Å². The first-order valence-corrected chi connectivity index (χ1v) is 6.22. The average Bonchev–Trinajstić information content (AvgIpc) is 3.15. The van der Waals surface area contributed by atoms with E-state index in [0.29, 0.717) is 6.04 Å². The maximum Gasteiger partial charge on any atom is 0.119 e. The fourth-order valence-electron chi connectivity index (χ4n) is 1.99. The summed E-state index contributed by atoms with van der Waals surface area (Å²) < 4.78 is 5.84. The van der Waals surface area contributed by atoms with Crippen molar-refractivity contribution in [3.05, 3.63) is 29.8 Å². The Morgan fingerprint density at radius 1 is 1.44 bits per heavy atom. The Morgan fingerprint density at radius 3 is 2.88 bits per heavy atom. The Labute approximate surface area is 98.0 Å². The fraction of sp³-hybridized carbons (Fsp3) is 0.571. The maximum atomic E-state index is 5.84. The van der Waals surface area contributed by atoms with E-state index in [2.05, 4.69) is 30.4 Å². The molecule has 1 N–H and O–H groups in total. The van der Waals surface area contributed by atoms with Crippen LogP contribution in [0.2, 0.25) is 0 Å². The van der Waals surface area contributed by atoms with Crippen LogP contribution in [0, 0.1) is 5.92 Å². The lowest BCUT2D eigenvalue weighted by atomic mass is 10.1. The molecule has 1 unspecified atom stereocenters. The summed E-state index contributed by atoms with van der Waals surface area (Å²) in [4.78, 5) is 0. The third-order valence-electron chi connectivity index (χ3n) is 3.30. The number of likely N-dealkylation sites (N-methyl/N-ethyl adjacent to an activating group) is 1. The zero-order valence-corrected chi connectivity index (χ0v) is 10.2. The first-order chi connectivity index (χ1) is 7.83. The molecular weight excluding hydrogens is 198 g/mol. The topological polar surface area (TPSA) is 21.3 Å². The molecule has 2 heteroatoms. The SMILES string of the molecule is CCc1cccc(OCC(NC)C2CC2)c1. The second kappa shape index (κ2) is 5.35. The van der Waals surface area contributed by atoms with Crippen LogP contribution in [-0.4, -0.2) is 19.7 Å². The summed E-state index contributed by atoms with van der Waals surface area (Å²) in [6.07, 6.45) is 3.77. The zero-order valence-electron chi connectivity index (χ0n) is 10.2. The highest BCUT2D eigenvalue weighted by Gasteiger charge is 2.30. The highest BCUT2D eigenvalue weighted by Crippen LogP contribution is 2.32. The van der Waals surface area contributed by atoms with Gasteiger partial charge < -0.3 is 10.1 Å². The molecule has 0 saturated heterocycles. The van der Waals surface area contributed by atoms with Crippen LogP contribution in [0.15, 0.2) is 24.3 Å². The van der Waals surface area contributed by atoms with Crippen molar-refractivity contribution in [3.8, 4) is 5.75 Å². The van der Waals surface area contributed by atoms with Crippen LogP contribution in [0.4, 0.5) is 0 Å². The molecule has 0 heterocycles. The van der Waals surface area contributed by atoms with E-state index in [1.54, 1.807) is 0 Å². The molecule has 1 fully saturated rings. The van der Waals surface area contributed by atoms with Crippen molar-refractivity contribution >= 4 is 0 Å². The van der Waals surface area contributed by atoms with Crippen LogP contribution >= 0.6 is 0 Å². The smallest absolute Gasteiger partial charge is 0.119 e. The van der Waals surface area contributed by atoms with Gasteiger partial charge in [-0.3, -0.25) is 0 Å². The highest BCUT2D eigenvalue weighted by atomic mass is 16.5. The fourth-order valence-corrected chi connectivity index (χ4v) is 1.99. The van der Waals surface area contributed by atoms with Gasteiger partial charge in [-0.25, -0.2) is 0 Å². The molecule has 0 amide bonds. The molecule has 1 aliphatic carbocycles. The predicted octanol–water partition coefficient (Wildman–Crippen LogP) is 2.63. The van der Waals surface area contributed by atoms with Gasteiger partial charge in [-0.15, -0.1) is 0 Å². The van der Waals surface area contributed by atoms with Gasteiger partial charge in [-0.2, -0.15) is 0 Å². The van der Waals surface area contributed by atoms with Crippen LogP contribution in [0.1, 0.15) is 25.3 Å². The summed E-state index contributed by atoms with van der Waals surface area (Å²) in [6.45, 7) is 2.95. The molecule has 2 nitrogen and oxygen atoms in total. The molecule has 88 valence electrons. The monoisotopic (exact) mass is 219 g/mol. The molecule has 0 aromatic heterocycles. The summed E-state index contributed by atoms with van der Waals surface area (Å²) in [5.74, 6) is 1.83. The Kier molecular flexibility index (Phi) is 3.83. The van der Waals surface area contributed by atoms with Gasteiger partial charge in [0.1, 0.15) is 12.4 Å². The van der Waals surface area contributed by atoms with E-state index in [0.717, 1.165) is 24.7 Å². The van der Waals surface area contributed by atoms with Crippen molar-refractivity contribution in [1.82, 2.24) is 5.32 Å². The van der Waals surface area contributed by atoms with Gasteiger partial charge in [-0.1, -0.05) is 19.1 Å². The van der Waals surface area contributed by atoms with Crippen molar-refractivity contribution in [2.45, 2.75) is 32.2 Å². The van der Waals surface area contributed by atoms with E-state index in [4.69, 9.17) is 4.74 Å². The van der Waals surface area contributed by atoms with Gasteiger partial charge in [0.05, 0.1) is 0 Å². The van der Waals surface area contributed by atoms with E-state index in [9.17, 15) is 0 Å². The van der Waals surface area contributed by atoms with Gasteiger partial charge in [0.2, 0.25) is 0 Å². The maximum absolute atomic E-state index is 5.84. The molecule has 0 radical (unpaired) electrons. The average molecular weight is 219 g/mol. The van der Waals surface area contributed by atoms with Crippen LogP contribution in [0.25, 0.3) is 0 Å². The molecule has 16 heavy (non-hydrogen) atoms. The van der Waals surface area contributed by atoms with E-state index in [-0.39, 0.29) is 0 Å². The Balaban J connectivity index is 1.87. The largest absolute Gasteiger partial charge is 0.492 e. The van der Waals surface area contributed by atoms with Gasteiger partial charge >= 0.3 is 0 Å². The minimum absolute atomic E-state index is 0.519. The van der Waals surface area contributed by atoms with Gasteiger partial charge in [0, 0.05) is 6.04 Å². The molecule has 0 aliphatic heterocycles. The first kappa shape index (κ1) is 11.5. The highest BCUT2D eigenvalue weighted by molar-refractivity contribution is 5.28. The number of hydrogen-bond donors (Lipinski definition) is 1. The lowest BCUT2D eigenvalue weighted by molar-refractivity contribution is 0.256. The van der Waals surface area contributed by atoms with Crippen molar-refractivity contribution in [2.75, 3.05) is 13.7 Å². The van der Waals surface area contributed by atoms with Gasteiger partial charge in [-0.05, 0) is 49.9 Å². The lowest BCUT2D eigenvalue weighted by Crippen LogP contribution is -2.33. The number of benzene rings is 1. The third-order valence-corrected chi connectivity index (χ3v) is 3.30. The first-order valence-electron chi connectivity index (χ1n) is 6.22. The lowest BCUT2D eigenvalue weighted by Gasteiger charge is -2.16. The summed E-state index contributed by atoms with van der Waals surface area (Å²) in [5.41, 5.74) is 1.34. The third kappa shape index (κ3) is 2.99. The van der Waals surface area contributed by atoms with Crippen LogP contribution in [0.5, 0.6) is 5.75 Å². The summed E-state index contributed by atoms with van der Waals surface area (Å²) >= 11 is 0. The van der Waals surface area contributed by atoms with E-state index in [1.165, 1.54) is 18.4 Å². The summed E-state index contributed by atoms with van der Waals surface area (Å²) in [5, 5.41) is 3.34. The minimum atomic E-state index is 0.519. The summed E-state index contributed by atoms with van der Waals surface area (Å²) in [7, 11) is 2.02. The van der Waals surface area contributed by atoms with Crippen molar-refractivity contribution in [2.24, 2.45) is 5.92 Å². The second-order valence-electron chi connectivity index (χ2n) is 4.54. The van der Waals surface area contributed by atoms with Crippen molar-refractivity contribution in [1.29, 1.82) is 0 Å². The standard InChI is InChI=1S/C14H21NO/c1-3-11-5-4-6-13(9-11)16-10-14(15-2)12-7-8-12/h4-6,9,12,14-15H,3,7-8,10H2,1-2H3. The van der Waals surface area contributed by atoms with Crippen molar-refractivity contribution in [3.63, 3.8) is 0 Å². The Bertz CT molecular complexity index is 333. The minimum Gasteiger partial charge on any atom is -0.492 e. The summed E-state index contributed by atoms with van der Waals surface area (Å²) in [6, 6.07) is 8.91. The molecule has 1 saturated carbocycles. The molecule has 1 aromatic rings. The molecular formula is C14H21NO. The quantitative estimate of drug-likeness (QED) is 0.794. The predicted molar refractivity (Wildman–Crippen MR) is 66.9 cm³/mol. The Hall–Kier alpha value is -1.02. The van der Waals surface area contributed by atoms with E-state index < -0.39 is 0 Å². The van der Waals surface area contributed by atoms with Gasteiger partial charge in [0.15, 0.2) is 0 Å². The van der Waals surface area contributed by atoms with Crippen LogP contribution in [0.3, 0.4) is 0 Å². The number of hydrogen-bond acceptors (Lipinski definition) is 2. The van der Waals surface area contributed by atoms with E-state index >= 15 is 0 Å². The molecule has 1 aromatic carbocycles. The Morgan fingerprint density at radius 2 is 2.25 bits per heavy atom. The molecule has 1 atom stereocenters. The molecule has 0 spiro atoms. The normalized spacial score (nSPS) is 17.1.